The lowest BCUT2D eigenvalue weighted by atomic mass is 10.2. The van der Waals surface area contributed by atoms with Crippen LogP contribution < -0.4 is 5.32 Å². The van der Waals surface area contributed by atoms with Gasteiger partial charge in [0.05, 0.1) is 10.7 Å². The SMILES string of the molecule is Cc1ncc(CNCc2cnc3c(c2)c(C)nn3C)s1. The Hall–Kier alpha value is -1.79. The summed E-state index contributed by atoms with van der Waals surface area (Å²) in [5.41, 5.74) is 3.13. The summed E-state index contributed by atoms with van der Waals surface area (Å²) in [4.78, 5) is 9.99. The summed E-state index contributed by atoms with van der Waals surface area (Å²) in [6.45, 7) is 5.68. The van der Waals surface area contributed by atoms with E-state index in [2.05, 4.69) is 26.4 Å². The van der Waals surface area contributed by atoms with E-state index in [1.165, 1.54) is 10.4 Å². The highest BCUT2D eigenvalue weighted by Gasteiger charge is 2.07. The summed E-state index contributed by atoms with van der Waals surface area (Å²) in [5, 5.41) is 10.0. The summed E-state index contributed by atoms with van der Waals surface area (Å²) in [7, 11) is 1.92. The van der Waals surface area contributed by atoms with Gasteiger partial charge < -0.3 is 5.32 Å². The van der Waals surface area contributed by atoms with Crippen LogP contribution in [0.1, 0.15) is 21.1 Å². The van der Waals surface area contributed by atoms with Crippen LogP contribution in [-0.2, 0) is 20.1 Å². The topological polar surface area (TPSA) is 55.6 Å². The number of thiazole rings is 1. The zero-order valence-electron chi connectivity index (χ0n) is 11.8. The van der Waals surface area contributed by atoms with Crippen LogP contribution in [0, 0.1) is 13.8 Å². The van der Waals surface area contributed by atoms with Gasteiger partial charge in [0, 0.05) is 42.8 Å². The molecule has 0 aromatic carbocycles. The quantitative estimate of drug-likeness (QED) is 0.800. The van der Waals surface area contributed by atoms with Crippen molar-refractivity contribution in [3.63, 3.8) is 0 Å². The molecule has 3 aromatic rings. The summed E-state index contributed by atoms with van der Waals surface area (Å²) in [5.74, 6) is 0. The van der Waals surface area contributed by atoms with Crippen molar-refractivity contribution in [3.05, 3.63) is 39.6 Å². The smallest absolute Gasteiger partial charge is 0.157 e. The number of nitrogens with zero attached hydrogens (tertiary/aromatic N) is 4. The van der Waals surface area contributed by atoms with Gasteiger partial charge >= 0.3 is 0 Å². The second-order valence-electron chi connectivity index (χ2n) is 4.87. The van der Waals surface area contributed by atoms with E-state index in [1.54, 1.807) is 11.3 Å². The molecular weight excluding hydrogens is 270 g/mol. The van der Waals surface area contributed by atoms with E-state index < -0.39 is 0 Å². The van der Waals surface area contributed by atoms with Crippen molar-refractivity contribution >= 4 is 22.4 Å². The van der Waals surface area contributed by atoms with E-state index in [4.69, 9.17) is 0 Å². The van der Waals surface area contributed by atoms with Gasteiger partial charge in [0.1, 0.15) is 0 Å². The van der Waals surface area contributed by atoms with Crippen molar-refractivity contribution in [2.75, 3.05) is 0 Å². The number of hydrogen-bond acceptors (Lipinski definition) is 5. The van der Waals surface area contributed by atoms with Gasteiger partial charge in [-0.25, -0.2) is 9.97 Å². The lowest BCUT2D eigenvalue weighted by molar-refractivity contribution is 0.698. The minimum Gasteiger partial charge on any atom is -0.308 e. The molecule has 3 heterocycles. The fourth-order valence-electron chi connectivity index (χ4n) is 2.26. The predicted octanol–water partition coefficient (Wildman–Crippen LogP) is 2.33. The first-order valence-electron chi connectivity index (χ1n) is 6.54. The fraction of sp³-hybridized carbons (Fsp3) is 0.357. The van der Waals surface area contributed by atoms with Gasteiger partial charge in [0.2, 0.25) is 0 Å². The molecule has 0 saturated carbocycles. The van der Waals surface area contributed by atoms with E-state index in [0.717, 1.165) is 34.8 Å². The number of aryl methyl sites for hydroxylation is 3. The largest absolute Gasteiger partial charge is 0.308 e. The molecule has 0 atom stereocenters. The molecule has 0 fully saturated rings. The molecule has 0 amide bonds. The van der Waals surface area contributed by atoms with Crippen molar-refractivity contribution in [2.45, 2.75) is 26.9 Å². The zero-order chi connectivity index (χ0) is 14.1. The maximum atomic E-state index is 4.48. The minimum atomic E-state index is 0.800. The van der Waals surface area contributed by atoms with E-state index in [-0.39, 0.29) is 0 Å². The Morgan fingerprint density at radius 2 is 2.05 bits per heavy atom. The Kier molecular flexibility index (Phi) is 3.50. The fourth-order valence-corrected chi connectivity index (χ4v) is 3.03. The lowest BCUT2D eigenvalue weighted by Crippen LogP contribution is -2.12. The standard InChI is InChI=1S/C14H17N5S/c1-9-13-4-11(6-17-14(13)19(3)18-9)5-15-7-12-8-16-10(2)20-12/h4,6,8,15H,5,7H2,1-3H3. The molecule has 0 unspecified atom stereocenters. The summed E-state index contributed by atoms with van der Waals surface area (Å²) in [6.07, 6.45) is 3.84. The average molecular weight is 287 g/mol. The minimum absolute atomic E-state index is 0.800. The van der Waals surface area contributed by atoms with Gasteiger partial charge in [0.25, 0.3) is 0 Å². The normalized spacial score (nSPS) is 11.3. The Bertz CT molecular complexity index is 743. The van der Waals surface area contributed by atoms with E-state index in [0.29, 0.717) is 0 Å². The number of pyridine rings is 1. The van der Waals surface area contributed by atoms with Gasteiger partial charge in [-0.1, -0.05) is 0 Å². The van der Waals surface area contributed by atoms with Crippen LogP contribution in [0.15, 0.2) is 18.5 Å². The van der Waals surface area contributed by atoms with E-state index >= 15 is 0 Å². The monoisotopic (exact) mass is 287 g/mol. The Morgan fingerprint density at radius 1 is 1.20 bits per heavy atom. The second-order valence-corrected chi connectivity index (χ2v) is 6.19. The lowest BCUT2D eigenvalue weighted by Gasteiger charge is -2.03. The molecule has 0 aliphatic rings. The highest BCUT2D eigenvalue weighted by Crippen LogP contribution is 2.16. The highest BCUT2D eigenvalue weighted by molar-refractivity contribution is 7.11. The number of fused-ring (bicyclic) bond motifs is 1. The molecule has 104 valence electrons. The summed E-state index contributed by atoms with van der Waals surface area (Å²) in [6, 6.07) is 2.16. The molecule has 0 aliphatic heterocycles. The first kappa shape index (κ1) is 13.2. The van der Waals surface area contributed by atoms with Crippen LogP contribution >= 0.6 is 11.3 Å². The average Bonchev–Trinajstić information content (AvgIpc) is 2.95. The van der Waals surface area contributed by atoms with Crippen LogP contribution in [-0.4, -0.2) is 19.7 Å². The molecule has 0 bridgehead atoms. The Labute approximate surface area is 121 Å². The number of rotatable bonds is 4. The van der Waals surface area contributed by atoms with E-state index in [9.17, 15) is 0 Å². The van der Waals surface area contributed by atoms with Gasteiger partial charge in [-0.05, 0) is 25.5 Å². The number of hydrogen-bond donors (Lipinski definition) is 1. The van der Waals surface area contributed by atoms with Crippen molar-refractivity contribution in [1.29, 1.82) is 0 Å². The van der Waals surface area contributed by atoms with Crippen LogP contribution in [0.25, 0.3) is 11.0 Å². The van der Waals surface area contributed by atoms with Crippen LogP contribution in [0.3, 0.4) is 0 Å². The Balaban J connectivity index is 1.70. The van der Waals surface area contributed by atoms with E-state index in [1.807, 2.05) is 38.0 Å². The van der Waals surface area contributed by atoms with Gasteiger partial charge in [0.15, 0.2) is 5.65 Å². The third-order valence-corrected chi connectivity index (χ3v) is 4.13. The molecule has 0 saturated heterocycles. The molecule has 3 aromatic heterocycles. The molecule has 20 heavy (non-hydrogen) atoms. The first-order valence-corrected chi connectivity index (χ1v) is 7.35. The third kappa shape index (κ3) is 2.57. The molecule has 1 N–H and O–H groups in total. The van der Waals surface area contributed by atoms with Crippen LogP contribution in [0.2, 0.25) is 0 Å². The molecule has 5 nitrogen and oxygen atoms in total. The number of nitrogens with one attached hydrogen (secondary N) is 1. The van der Waals surface area contributed by atoms with Crippen LogP contribution in [0.5, 0.6) is 0 Å². The number of aromatic nitrogens is 4. The molecule has 0 radical (unpaired) electrons. The third-order valence-electron chi connectivity index (χ3n) is 3.22. The van der Waals surface area contributed by atoms with Crippen molar-refractivity contribution in [3.8, 4) is 0 Å². The van der Waals surface area contributed by atoms with Gasteiger partial charge in [-0.15, -0.1) is 11.3 Å². The molecule has 3 rings (SSSR count). The van der Waals surface area contributed by atoms with Crippen molar-refractivity contribution in [2.24, 2.45) is 7.05 Å². The highest BCUT2D eigenvalue weighted by atomic mass is 32.1. The van der Waals surface area contributed by atoms with Gasteiger partial charge in [-0.2, -0.15) is 5.10 Å². The molecular formula is C14H17N5S. The van der Waals surface area contributed by atoms with Crippen LogP contribution in [0.4, 0.5) is 0 Å². The Morgan fingerprint density at radius 3 is 2.80 bits per heavy atom. The molecule has 6 heteroatoms. The maximum absolute atomic E-state index is 4.48. The van der Waals surface area contributed by atoms with Crippen molar-refractivity contribution < 1.29 is 0 Å². The first-order chi connectivity index (χ1) is 9.63. The zero-order valence-corrected chi connectivity index (χ0v) is 12.7. The van der Waals surface area contributed by atoms with Crippen molar-refractivity contribution in [1.82, 2.24) is 25.1 Å². The second kappa shape index (κ2) is 5.30. The van der Waals surface area contributed by atoms with Gasteiger partial charge in [-0.3, -0.25) is 4.68 Å². The summed E-state index contributed by atoms with van der Waals surface area (Å²) >= 11 is 1.73. The maximum Gasteiger partial charge on any atom is 0.157 e. The molecule has 0 aliphatic carbocycles. The molecule has 0 spiro atoms. The predicted molar refractivity (Wildman–Crippen MR) is 80.6 cm³/mol. The summed E-state index contributed by atoms with van der Waals surface area (Å²) < 4.78 is 1.82.